The van der Waals surface area contributed by atoms with Crippen molar-refractivity contribution in [2.45, 2.75) is 20.0 Å². The molecule has 3 aromatic rings. The van der Waals surface area contributed by atoms with Gasteiger partial charge in [0.05, 0.1) is 11.4 Å². The van der Waals surface area contributed by atoms with Crippen molar-refractivity contribution >= 4 is 24.6 Å². The summed E-state index contributed by atoms with van der Waals surface area (Å²) in [5.74, 6) is 1.16. The molecule has 0 aliphatic rings. The molecule has 0 aliphatic heterocycles. The monoisotopic (exact) mass is 428 g/mol. The summed E-state index contributed by atoms with van der Waals surface area (Å²) >= 11 is 0. The number of nitrogens with zero attached hydrogens (tertiary/aromatic N) is 1. The third kappa shape index (κ3) is 5.90. The van der Waals surface area contributed by atoms with Crippen LogP contribution < -0.4 is 20.1 Å². The second-order valence-corrected chi connectivity index (χ2v) is 8.27. The van der Waals surface area contributed by atoms with Crippen LogP contribution >= 0.6 is 7.60 Å². The molecule has 0 radical (unpaired) electrons. The molecule has 30 heavy (non-hydrogen) atoms. The maximum atomic E-state index is 12.7. The summed E-state index contributed by atoms with van der Waals surface area (Å²) in [6, 6.07) is 15.4. The van der Waals surface area contributed by atoms with Gasteiger partial charge < -0.3 is 24.6 Å². The highest BCUT2D eigenvalue weighted by atomic mass is 31.2. The first-order chi connectivity index (χ1) is 14.2. The molecule has 156 valence electrons. The van der Waals surface area contributed by atoms with Gasteiger partial charge in [0.1, 0.15) is 23.1 Å². The Morgan fingerprint density at radius 3 is 2.30 bits per heavy atom. The van der Waals surface area contributed by atoms with Gasteiger partial charge in [-0.3, -0.25) is 9.36 Å². The van der Waals surface area contributed by atoms with Crippen molar-refractivity contribution in [1.82, 2.24) is 4.98 Å². The molecule has 0 saturated carbocycles. The van der Waals surface area contributed by atoms with Crippen molar-refractivity contribution in [2.24, 2.45) is 0 Å². The highest BCUT2D eigenvalue weighted by Crippen LogP contribution is 2.34. The standard InChI is InChI=1S/C21H21N2O6P/c1-14(2)28-17-11-15(21(24)23-20-5-3-4-10-22-20)12-18(13-17)29-16-6-8-19(9-7-16)30(25,26)27/h3-14H,1-2H3,(H,22,23,24)(H2,25,26,27). The predicted octanol–water partition coefficient (Wildman–Crippen LogP) is 3.72. The topological polar surface area (TPSA) is 118 Å². The van der Waals surface area contributed by atoms with Crippen LogP contribution in [0.5, 0.6) is 17.2 Å². The number of hydrogen-bond acceptors (Lipinski definition) is 5. The first-order valence-corrected chi connectivity index (χ1v) is 10.7. The van der Waals surface area contributed by atoms with Crippen LogP contribution in [0.2, 0.25) is 0 Å². The number of rotatable bonds is 7. The zero-order valence-corrected chi connectivity index (χ0v) is 17.2. The van der Waals surface area contributed by atoms with E-state index < -0.39 is 7.60 Å². The average molecular weight is 428 g/mol. The maximum absolute atomic E-state index is 12.7. The highest BCUT2D eigenvalue weighted by molar-refractivity contribution is 7.60. The Kier molecular flexibility index (Phi) is 6.52. The fourth-order valence-electron chi connectivity index (χ4n) is 2.57. The molecule has 1 aromatic heterocycles. The van der Waals surface area contributed by atoms with E-state index in [1.165, 1.54) is 24.3 Å². The molecule has 0 aliphatic carbocycles. The number of anilines is 1. The smallest absolute Gasteiger partial charge is 0.356 e. The zero-order chi connectivity index (χ0) is 21.7. The average Bonchev–Trinajstić information content (AvgIpc) is 2.68. The molecular weight excluding hydrogens is 407 g/mol. The fraction of sp³-hybridized carbons (Fsp3) is 0.143. The summed E-state index contributed by atoms with van der Waals surface area (Å²) in [6.07, 6.45) is 1.46. The molecule has 1 heterocycles. The predicted molar refractivity (Wildman–Crippen MR) is 113 cm³/mol. The van der Waals surface area contributed by atoms with Gasteiger partial charge in [0.25, 0.3) is 5.91 Å². The molecule has 0 saturated heterocycles. The fourth-order valence-corrected chi connectivity index (χ4v) is 3.11. The minimum absolute atomic E-state index is 0.109. The van der Waals surface area contributed by atoms with E-state index in [9.17, 15) is 19.1 Å². The summed E-state index contributed by atoms with van der Waals surface area (Å²) in [7, 11) is -4.33. The quantitative estimate of drug-likeness (QED) is 0.491. The molecule has 0 fully saturated rings. The van der Waals surface area contributed by atoms with Crippen LogP contribution in [0.15, 0.2) is 66.9 Å². The largest absolute Gasteiger partial charge is 0.491 e. The first-order valence-electron chi connectivity index (χ1n) is 9.09. The van der Waals surface area contributed by atoms with Crippen molar-refractivity contribution < 1.29 is 28.6 Å². The first kappa shape index (κ1) is 21.5. The van der Waals surface area contributed by atoms with Crippen molar-refractivity contribution in [3.63, 3.8) is 0 Å². The molecule has 0 spiro atoms. The van der Waals surface area contributed by atoms with Gasteiger partial charge in [-0.2, -0.15) is 0 Å². The van der Waals surface area contributed by atoms with Gasteiger partial charge in [0.15, 0.2) is 0 Å². The van der Waals surface area contributed by atoms with E-state index in [0.29, 0.717) is 28.6 Å². The number of aromatic nitrogens is 1. The van der Waals surface area contributed by atoms with E-state index in [2.05, 4.69) is 10.3 Å². The highest BCUT2D eigenvalue weighted by Gasteiger charge is 2.17. The molecule has 3 rings (SSSR count). The summed E-state index contributed by atoms with van der Waals surface area (Å²) in [5.41, 5.74) is 0.306. The summed E-state index contributed by atoms with van der Waals surface area (Å²) < 4.78 is 22.8. The number of hydrogen-bond donors (Lipinski definition) is 3. The van der Waals surface area contributed by atoms with Crippen molar-refractivity contribution in [1.29, 1.82) is 0 Å². The molecule has 0 atom stereocenters. The Morgan fingerprint density at radius 1 is 1.00 bits per heavy atom. The van der Waals surface area contributed by atoms with Crippen molar-refractivity contribution in [3.05, 3.63) is 72.4 Å². The lowest BCUT2D eigenvalue weighted by Gasteiger charge is -2.14. The second-order valence-electron chi connectivity index (χ2n) is 6.67. The Morgan fingerprint density at radius 2 is 1.70 bits per heavy atom. The summed E-state index contributed by atoms with van der Waals surface area (Å²) in [5, 5.41) is 2.60. The van der Waals surface area contributed by atoms with Crippen LogP contribution in [0.25, 0.3) is 0 Å². The van der Waals surface area contributed by atoms with E-state index in [0.717, 1.165) is 0 Å². The van der Waals surface area contributed by atoms with Crippen LogP contribution in [0.1, 0.15) is 24.2 Å². The Hall–Kier alpha value is -3.19. The van der Waals surface area contributed by atoms with Crippen LogP contribution in [-0.2, 0) is 4.57 Å². The van der Waals surface area contributed by atoms with E-state index in [-0.39, 0.29) is 17.3 Å². The summed E-state index contributed by atoms with van der Waals surface area (Å²) in [6.45, 7) is 3.73. The number of amides is 1. The lowest BCUT2D eigenvalue weighted by atomic mass is 10.2. The van der Waals surface area contributed by atoms with Crippen LogP contribution in [0, 0.1) is 0 Å². The molecule has 8 nitrogen and oxygen atoms in total. The van der Waals surface area contributed by atoms with Gasteiger partial charge in [-0.05, 0) is 62.4 Å². The van der Waals surface area contributed by atoms with Crippen LogP contribution in [-0.4, -0.2) is 26.8 Å². The van der Waals surface area contributed by atoms with E-state index in [1.54, 1.807) is 42.6 Å². The third-order valence-electron chi connectivity index (χ3n) is 3.83. The molecule has 3 N–H and O–H groups in total. The second kappa shape index (κ2) is 9.09. The van der Waals surface area contributed by atoms with E-state index in [1.807, 2.05) is 13.8 Å². The van der Waals surface area contributed by atoms with Gasteiger partial charge in [-0.1, -0.05) is 6.07 Å². The SMILES string of the molecule is CC(C)Oc1cc(Oc2ccc(P(=O)(O)O)cc2)cc(C(=O)Nc2ccccn2)c1. The molecule has 0 bridgehead atoms. The van der Waals surface area contributed by atoms with Crippen LogP contribution in [0.4, 0.5) is 5.82 Å². The number of pyridine rings is 1. The van der Waals surface area contributed by atoms with Gasteiger partial charge in [-0.15, -0.1) is 0 Å². The van der Waals surface area contributed by atoms with Gasteiger partial charge >= 0.3 is 7.60 Å². The molecule has 0 unspecified atom stereocenters. The number of nitrogens with one attached hydrogen (secondary N) is 1. The summed E-state index contributed by atoms with van der Waals surface area (Å²) in [4.78, 5) is 35.2. The normalized spacial score (nSPS) is 11.2. The maximum Gasteiger partial charge on any atom is 0.356 e. The number of benzene rings is 2. The molecule has 2 aromatic carbocycles. The van der Waals surface area contributed by atoms with Gasteiger partial charge in [0.2, 0.25) is 0 Å². The lowest BCUT2D eigenvalue weighted by Crippen LogP contribution is -2.14. The van der Waals surface area contributed by atoms with E-state index >= 15 is 0 Å². The Balaban J connectivity index is 1.87. The molecule has 1 amide bonds. The minimum Gasteiger partial charge on any atom is -0.491 e. The number of carbonyl (C=O) groups is 1. The Bertz CT molecular complexity index is 1060. The lowest BCUT2D eigenvalue weighted by molar-refractivity contribution is 0.102. The number of carbonyl (C=O) groups excluding carboxylic acids is 1. The third-order valence-corrected chi connectivity index (χ3v) is 4.80. The minimum atomic E-state index is -4.33. The Labute approximate surface area is 173 Å². The van der Waals surface area contributed by atoms with E-state index in [4.69, 9.17) is 9.47 Å². The molecule has 9 heteroatoms. The van der Waals surface area contributed by atoms with Crippen molar-refractivity contribution in [2.75, 3.05) is 5.32 Å². The molecular formula is C21H21N2O6P. The van der Waals surface area contributed by atoms with Gasteiger partial charge in [-0.25, -0.2) is 4.98 Å². The van der Waals surface area contributed by atoms with Gasteiger partial charge in [0, 0.05) is 17.8 Å². The van der Waals surface area contributed by atoms with Crippen molar-refractivity contribution in [3.8, 4) is 17.2 Å². The van der Waals surface area contributed by atoms with Crippen LogP contribution in [0.3, 0.4) is 0 Å². The number of ether oxygens (including phenoxy) is 2. The zero-order valence-electron chi connectivity index (χ0n) is 16.4.